The number of hydrogen-bond donors (Lipinski definition) is 1. The van der Waals surface area contributed by atoms with Crippen molar-refractivity contribution < 1.29 is 4.79 Å². The van der Waals surface area contributed by atoms with Gasteiger partial charge in [-0.1, -0.05) is 33.1 Å². The normalized spacial score (nSPS) is 22.5. The van der Waals surface area contributed by atoms with Gasteiger partial charge in [0.25, 0.3) is 0 Å². The zero-order valence-electron chi connectivity index (χ0n) is 12.8. The molecule has 1 saturated carbocycles. The molecule has 1 N–H and O–H groups in total. The first kappa shape index (κ1) is 15.1. The zero-order valence-corrected chi connectivity index (χ0v) is 12.8. The molecule has 1 aromatic rings. The van der Waals surface area contributed by atoms with E-state index in [1.807, 2.05) is 31.2 Å². The number of hydrogen-bond acceptors (Lipinski definition) is 2. The molecule has 1 fully saturated rings. The van der Waals surface area contributed by atoms with Crippen LogP contribution in [0, 0.1) is 11.8 Å². The minimum absolute atomic E-state index is 0.217. The van der Waals surface area contributed by atoms with Gasteiger partial charge in [0.15, 0.2) is 5.78 Å². The van der Waals surface area contributed by atoms with E-state index in [0.29, 0.717) is 6.42 Å². The first-order valence-electron chi connectivity index (χ1n) is 8.10. The molecule has 2 rings (SSSR count). The van der Waals surface area contributed by atoms with Crippen LogP contribution in [0.2, 0.25) is 0 Å². The van der Waals surface area contributed by atoms with Crippen molar-refractivity contribution in [2.45, 2.75) is 52.4 Å². The lowest BCUT2D eigenvalue weighted by Crippen LogP contribution is -2.21. The van der Waals surface area contributed by atoms with Crippen LogP contribution in [0.1, 0.15) is 62.7 Å². The predicted octanol–water partition coefficient (Wildman–Crippen LogP) is 4.91. The molecule has 2 heteroatoms. The first-order valence-corrected chi connectivity index (χ1v) is 8.10. The van der Waals surface area contributed by atoms with Gasteiger partial charge in [-0.05, 0) is 48.9 Å². The molecule has 1 aromatic carbocycles. The van der Waals surface area contributed by atoms with Crippen LogP contribution in [0.3, 0.4) is 0 Å². The van der Waals surface area contributed by atoms with Crippen molar-refractivity contribution in [2.24, 2.45) is 11.8 Å². The van der Waals surface area contributed by atoms with E-state index in [9.17, 15) is 4.79 Å². The fourth-order valence-corrected chi connectivity index (χ4v) is 3.08. The Kier molecular flexibility index (Phi) is 5.63. The van der Waals surface area contributed by atoms with Crippen molar-refractivity contribution in [1.29, 1.82) is 0 Å². The summed E-state index contributed by atoms with van der Waals surface area (Å²) in [5.74, 6) is 2.00. The number of carbonyl (C=O) groups excluding carboxylic acids is 1. The lowest BCUT2D eigenvalue weighted by molar-refractivity contribution is 0.0988. The molecule has 0 saturated heterocycles. The zero-order chi connectivity index (χ0) is 14.4. The molecule has 2 nitrogen and oxygen atoms in total. The van der Waals surface area contributed by atoms with Crippen LogP contribution in [0.15, 0.2) is 24.3 Å². The molecule has 0 amide bonds. The van der Waals surface area contributed by atoms with Gasteiger partial charge in [0, 0.05) is 24.2 Å². The van der Waals surface area contributed by atoms with E-state index < -0.39 is 0 Å². The molecule has 0 aliphatic heterocycles. The molecule has 0 radical (unpaired) electrons. The maximum atomic E-state index is 11.6. The van der Waals surface area contributed by atoms with Gasteiger partial charge in [0.05, 0.1) is 0 Å². The Morgan fingerprint density at radius 3 is 2.20 bits per heavy atom. The van der Waals surface area contributed by atoms with E-state index in [4.69, 9.17) is 0 Å². The minimum Gasteiger partial charge on any atom is -0.385 e. The highest BCUT2D eigenvalue weighted by Crippen LogP contribution is 2.30. The van der Waals surface area contributed by atoms with Crippen molar-refractivity contribution in [1.82, 2.24) is 0 Å². The number of ketones is 1. The van der Waals surface area contributed by atoms with E-state index >= 15 is 0 Å². The molecular formula is C18H27NO. The van der Waals surface area contributed by atoms with Crippen LogP contribution in [-0.2, 0) is 0 Å². The average molecular weight is 273 g/mol. The summed E-state index contributed by atoms with van der Waals surface area (Å²) >= 11 is 0. The molecule has 1 aliphatic carbocycles. The van der Waals surface area contributed by atoms with E-state index in [-0.39, 0.29) is 5.78 Å². The Bertz CT molecular complexity index is 416. The van der Waals surface area contributed by atoms with Gasteiger partial charge in [-0.15, -0.1) is 0 Å². The number of Topliss-reactive ketones (excluding diaryl/α,β-unsaturated/α-hetero) is 1. The fourth-order valence-electron chi connectivity index (χ4n) is 3.08. The van der Waals surface area contributed by atoms with Gasteiger partial charge in [0.1, 0.15) is 0 Å². The van der Waals surface area contributed by atoms with Gasteiger partial charge in [0.2, 0.25) is 0 Å². The summed E-state index contributed by atoms with van der Waals surface area (Å²) in [7, 11) is 0. The molecule has 110 valence electrons. The predicted molar refractivity (Wildman–Crippen MR) is 85.3 cm³/mol. The topological polar surface area (TPSA) is 29.1 Å². The highest BCUT2D eigenvalue weighted by Gasteiger charge is 2.19. The summed E-state index contributed by atoms with van der Waals surface area (Å²) in [5.41, 5.74) is 1.96. The second-order valence-electron chi connectivity index (χ2n) is 6.03. The smallest absolute Gasteiger partial charge is 0.162 e. The maximum Gasteiger partial charge on any atom is 0.162 e. The van der Waals surface area contributed by atoms with Crippen LogP contribution in [-0.4, -0.2) is 12.3 Å². The standard InChI is InChI=1S/C18H27NO/c1-3-14-5-7-15(8-6-14)13-19-17-11-9-16(10-12-17)18(20)4-2/h9-12,14-15,19H,3-8,13H2,1-2H3. The summed E-state index contributed by atoms with van der Waals surface area (Å²) in [6, 6.07) is 7.92. The summed E-state index contributed by atoms with van der Waals surface area (Å²) < 4.78 is 0. The third kappa shape index (κ3) is 4.09. The van der Waals surface area contributed by atoms with Crippen LogP contribution in [0.25, 0.3) is 0 Å². The third-order valence-electron chi connectivity index (χ3n) is 4.67. The van der Waals surface area contributed by atoms with Crippen molar-refractivity contribution in [2.75, 3.05) is 11.9 Å². The number of nitrogens with one attached hydrogen (secondary N) is 1. The average Bonchev–Trinajstić information content (AvgIpc) is 2.53. The van der Waals surface area contributed by atoms with Crippen molar-refractivity contribution >= 4 is 11.5 Å². The Hall–Kier alpha value is -1.31. The number of anilines is 1. The molecule has 0 atom stereocenters. The Morgan fingerprint density at radius 1 is 1.05 bits per heavy atom. The quantitative estimate of drug-likeness (QED) is 0.746. The van der Waals surface area contributed by atoms with E-state index in [2.05, 4.69) is 12.2 Å². The van der Waals surface area contributed by atoms with Crippen LogP contribution < -0.4 is 5.32 Å². The van der Waals surface area contributed by atoms with Gasteiger partial charge < -0.3 is 5.32 Å². The molecule has 0 aromatic heterocycles. The highest BCUT2D eigenvalue weighted by atomic mass is 16.1. The minimum atomic E-state index is 0.217. The summed E-state index contributed by atoms with van der Waals surface area (Å²) in [6.45, 7) is 5.28. The third-order valence-corrected chi connectivity index (χ3v) is 4.67. The van der Waals surface area contributed by atoms with Crippen molar-refractivity contribution in [3.63, 3.8) is 0 Å². The lowest BCUT2D eigenvalue weighted by atomic mass is 9.81. The molecule has 1 aliphatic rings. The van der Waals surface area contributed by atoms with Crippen molar-refractivity contribution in [3.05, 3.63) is 29.8 Å². The highest BCUT2D eigenvalue weighted by molar-refractivity contribution is 5.96. The Balaban J connectivity index is 1.78. The molecular weight excluding hydrogens is 246 g/mol. The largest absolute Gasteiger partial charge is 0.385 e. The van der Waals surface area contributed by atoms with Crippen LogP contribution in [0.5, 0.6) is 0 Å². The summed E-state index contributed by atoms with van der Waals surface area (Å²) in [5, 5.41) is 3.52. The molecule has 0 spiro atoms. The molecule has 0 bridgehead atoms. The molecule has 0 unspecified atom stereocenters. The maximum absolute atomic E-state index is 11.6. The van der Waals surface area contributed by atoms with E-state index in [1.165, 1.54) is 32.1 Å². The molecule has 20 heavy (non-hydrogen) atoms. The fraction of sp³-hybridized carbons (Fsp3) is 0.611. The van der Waals surface area contributed by atoms with E-state index in [0.717, 1.165) is 29.6 Å². The molecule has 0 heterocycles. The second kappa shape index (κ2) is 7.47. The monoisotopic (exact) mass is 273 g/mol. The van der Waals surface area contributed by atoms with Gasteiger partial charge in [-0.25, -0.2) is 0 Å². The van der Waals surface area contributed by atoms with Crippen molar-refractivity contribution in [3.8, 4) is 0 Å². The summed E-state index contributed by atoms with van der Waals surface area (Å²) in [4.78, 5) is 11.6. The number of carbonyl (C=O) groups is 1. The second-order valence-corrected chi connectivity index (χ2v) is 6.03. The van der Waals surface area contributed by atoms with E-state index in [1.54, 1.807) is 0 Å². The Morgan fingerprint density at radius 2 is 1.65 bits per heavy atom. The summed E-state index contributed by atoms with van der Waals surface area (Å²) in [6.07, 6.45) is 7.43. The Labute approximate surface area is 123 Å². The number of rotatable bonds is 6. The SMILES string of the molecule is CCC(=O)c1ccc(NCC2CCC(CC)CC2)cc1. The first-order chi connectivity index (χ1) is 9.72. The van der Waals surface area contributed by atoms with Gasteiger partial charge in [-0.3, -0.25) is 4.79 Å². The van der Waals surface area contributed by atoms with Crippen LogP contribution >= 0.6 is 0 Å². The lowest BCUT2D eigenvalue weighted by Gasteiger charge is -2.28. The van der Waals surface area contributed by atoms with Gasteiger partial charge in [-0.2, -0.15) is 0 Å². The number of benzene rings is 1. The van der Waals surface area contributed by atoms with Gasteiger partial charge >= 0.3 is 0 Å². The van der Waals surface area contributed by atoms with Crippen LogP contribution in [0.4, 0.5) is 5.69 Å².